The Kier molecular flexibility index (Phi) is 6.55. The van der Waals surface area contributed by atoms with Crippen LogP contribution >= 0.6 is 22.9 Å². The van der Waals surface area contributed by atoms with Gasteiger partial charge in [-0.05, 0) is 25.6 Å². The molecule has 96 valence electrons. The second kappa shape index (κ2) is 7.69. The maximum atomic E-state index is 11.4. The molecule has 0 spiro atoms. The standard InChI is InChI=1S/C12H18ClNO2S/c1-3-4-7-16-12(15)9-14(2)8-10-5-6-11(13)17-10/h5-6H,3-4,7-9H2,1-2H3. The fraction of sp³-hybridized carbons (Fsp3) is 0.583. The molecule has 3 nitrogen and oxygen atoms in total. The van der Waals surface area contributed by atoms with E-state index < -0.39 is 0 Å². The van der Waals surface area contributed by atoms with Crippen LogP contribution in [-0.2, 0) is 16.1 Å². The van der Waals surface area contributed by atoms with Crippen LogP contribution in [0.25, 0.3) is 0 Å². The quantitative estimate of drug-likeness (QED) is 0.565. The van der Waals surface area contributed by atoms with E-state index in [9.17, 15) is 4.79 Å². The molecule has 0 aliphatic heterocycles. The van der Waals surface area contributed by atoms with Crippen LogP contribution < -0.4 is 0 Å². The van der Waals surface area contributed by atoms with Crippen LogP contribution in [0.4, 0.5) is 0 Å². The molecular formula is C12H18ClNO2S. The normalized spacial score (nSPS) is 10.8. The van der Waals surface area contributed by atoms with Crippen LogP contribution in [0.15, 0.2) is 12.1 Å². The van der Waals surface area contributed by atoms with Gasteiger partial charge in [0.05, 0.1) is 17.5 Å². The summed E-state index contributed by atoms with van der Waals surface area (Å²) in [6.07, 6.45) is 1.97. The fourth-order valence-corrected chi connectivity index (χ4v) is 2.52. The molecule has 1 rings (SSSR count). The Bertz CT molecular complexity index is 354. The minimum atomic E-state index is -0.163. The second-order valence-corrected chi connectivity index (χ2v) is 5.75. The average molecular weight is 276 g/mol. The Labute approximate surface area is 111 Å². The summed E-state index contributed by atoms with van der Waals surface area (Å²) in [6.45, 7) is 3.63. The molecule has 0 radical (unpaired) electrons. The van der Waals surface area contributed by atoms with Crippen LogP contribution in [0.5, 0.6) is 0 Å². The number of esters is 1. The first kappa shape index (κ1) is 14.5. The number of carbonyl (C=O) groups is 1. The van der Waals surface area contributed by atoms with E-state index in [1.807, 2.05) is 24.1 Å². The maximum Gasteiger partial charge on any atom is 0.320 e. The predicted molar refractivity (Wildman–Crippen MR) is 71.5 cm³/mol. The van der Waals surface area contributed by atoms with Crippen molar-refractivity contribution in [2.45, 2.75) is 26.3 Å². The van der Waals surface area contributed by atoms with Gasteiger partial charge < -0.3 is 4.74 Å². The lowest BCUT2D eigenvalue weighted by molar-refractivity contribution is -0.144. The Morgan fingerprint density at radius 1 is 1.53 bits per heavy atom. The van der Waals surface area contributed by atoms with Crippen molar-refractivity contribution in [3.63, 3.8) is 0 Å². The summed E-state index contributed by atoms with van der Waals surface area (Å²) in [5.74, 6) is -0.163. The number of halogens is 1. The van der Waals surface area contributed by atoms with Crippen molar-refractivity contribution in [3.8, 4) is 0 Å². The summed E-state index contributed by atoms with van der Waals surface area (Å²) in [7, 11) is 1.90. The number of carbonyl (C=O) groups excluding carboxylic acids is 1. The van der Waals surface area contributed by atoms with E-state index in [2.05, 4.69) is 6.92 Å². The van der Waals surface area contributed by atoms with E-state index in [0.717, 1.165) is 28.6 Å². The van der Waals surface area contributed by atoms with Gasteiger partial charge in [0.25, 0.3) is 0 Å². The lowest BCUT2D eigenvalue weighted by Gasteiger charge is -2.14. The van der Waals surface area contributed by atoms with Gasteiger partial charge in [0.15, 0.2) is 0 Å². The third-order valence-corrected chi connectivity index (χ3v) is 3.43. The maximum absolute atomic E-state index is 11.4. The lowest BCUT2D eigenvalue weighted by Crippen LogP contribution is -2.26. The van der Waals surface area contributed by atoms with Crippen molar-refractivity contribution in [1.82, 2.24) is 4.90 Å². The molecule has 0 saturated carbocycles. The summed E-state index contributed by atoms with van der Waals surface area (Å²) in [5.41, 5.74) is 0. The van der Waals surface area contributed by atoms with Gasteiger partial charge >= 0.3 is 5.97 Å². The molecule has 0 atom stereocenters. The van der Waals surface area contributed by atoms with Gasteiger partial charge in [-0.1, -0.05) is 24.9 Å². The summed E-state index contributed by atoms with van der Waals surface area (Å²) in [4.78, 5) is 14.5. The molecule has 0 aliphatic carbocycles. The van der Waals surface area contributed by atoms with Gasteiger partial charge in [0.1, 0.15) is 0 Å². The number of hydrogen-bond acceptors (Lipinski definition) is 4. The zero-order valence-electron chi connectivity index (χ0n) is 10.2. The van der Waals surface area contributed by atoms with Crippen LogP contribution in [0.1, 0.15) is 24.6 Å². The topological polar surface area (TPSA) is 29.5 Å². The van der Waals surface area contributed by atoms with E-state index in [4.69, 9.17) is 16.3 Å². The Morgan fingerprint density at radius 3 is 2.88 bits per heavy atom. The molecule has 0 unspecified atom stereocenters. The zero-order chi connectivity index (χ0) is 12.7. The molecule has 1 heterocycles. The van der Waals surface area contributed by atoms with Crippen molar-refractivity contribution < 1.29 is 9.53 Å². The highest BCUT2D eigenvalue weighted by Gasteiger charge is 2.09. The highest BCUT2D eigenvalue weighted by molar-refractivity contribution is 7.16. The third kappa shape index (κ3) is 6.05. The largest absolute Gasteiger partial charge is 0.465 e. The predicted octanol–water partition coefficient (Wildman–Crippen LogP) is 3.18. The van der Waals surface area contributed by atoms with E-state index in [0.29, 0.717) is 13.2 Å². The fourth-order valence-electron chi connectivity index (χ4n) is 1.36. The van der Waals surface area contributed by atoms with Gasteiger partial charge in [-0.25, -0.2) is 0 Å². The van der Waals surface area contributed by atoms with Gasteiger partial charge in [-0.2, -0.15) is 0 Å². The highest BCUT2D eigenvalue weighted by atomic mass is 35.5. The lowest BCUT2D eigenvalue weighted by atomic mass is 10.4. The van der Waals surface area contributed by atoms with Crippen LogP contribution in [0, 0.1) is 0 Å². The first-order valence-corrected chi connectivity index (χ1v) is 6.89. The molecule has 5 heteroatoms. The van der Waals surface area contributed by atoms with E-state index in [1.165, 1.54) is 11.3 Å². The molecule has 17 heavy (non-hydrogen) atoms. The summed E-state index contributed by atoms with van der Waals surface area (Å²) in [6, 6.07) is 3.85. The number of likely N-dealkylation sites (N-methyl/N-ethyl adjacent to an activating group) is 1. The van der Waals surface area contributed by atoms with Crippen molar-refractivity contribution >= 4 is 28.9 Å². The summed E-state index contributed by atoms with van der Waals surface area (Å²) >= 11 is 7.38. The number of nitrogens with zero attached hydrogens (tertiary/aromatic N) is 1. The van der Waals surface area contributed by atoms with E-state index in [1.54, 1.807) is 0 Å². The molecule has 0 amide bonds. The molecule has 0 bridgehead atoms. The second-order valence-electron chi connectivity index (χ2n) is 3.95. The van der Waals surface area contributed by atoms with Gasteiger partial charge in [0, 0.05) is 11.4 Å². The summed E-state index contributed by atoms with van der Waals surface area (Å²) < 4.78 is 5.87. The van der Waals surface area contributed by atoms with Crippen molar-refractivity contribution in [1.29, 1.82) is 0 Å². The minimum Gasteiger partial charge on any atom is -0.465 e. The highest BCUT2D eigenvalue weighted by Crippen LogP contribution is 2.22. The number of unbranched alkanes of at least 4 members (excludes halogenated alkanes) is 1. The third-order valence-electron chi connectivity index (χ3n) is 2.21. The molecule has 1 aromatic heterocycles. The summed E-state index contributed by atoms with van der Waals surface area (Å²) in [5, 5.41) is 0. The Morgan fingerprint density at radius 2 is 2.29 bits per heavy atom. The van der Waals surface area contributed by atoms with E-state index >= 15 is 0 Å². The molecule has 1 aromatic rings. The van der Waals surface area contributed by atoms with Gasteiger partial charge in [0.2, 0.25) is 0 Å². The van der Waals surface area contributed by atoms with Crippen molar-refractivity contribution in [3.05, 3.63) is 21.3 Å². The zero-order valence-corrected chi connectivity index (χ0v) is 11.8. The molecule has 0 aromatic carbocycles. The van der Waals surface area contributed by atoms with Crippen LogP contribution in [0.2, 0.25) is 4.34 Å². The first-order chi connectivity index (χ1) is 8.11. The van der Waals surface area contributed by atoms with Crippen LogP contribution in [-0.4, -0.2) is 31.1 Å². The Hall–Kier alpha value is -0.580. The smallest absolute Gasteiger partial charge is 0.320 e. The first-order valence-electron chi connectivity index (χ1n) is 5.70. The molecule has 0 N–H and O–H groups in total. The van der Waals surface area contributed by atoms with Gasteiger partial charge in [-0.3, -0.25) is 9.69 Å². The number of ether oxygens (including phenoxy) is 1. The minimum absolute atomic E-state index is 0.163. The van der Waals surface area contributed by atoms with Crippen LogP contribution in [0.3, 0.4) is 0 Å². The Balaban J connectivity index is 2.24. The monoisotopic (exact) mass is 275 g/mol. The average Bonchev–Trinajstić information content (AvgIpc) is 2.64. The van der Waals surface area contributed by atoms with Gasteiger partial charge in [-0.15, -0.1) is 11.3 Å². The van der Waals surface area contributed by atoms with E-state index in [-0.39, 0.29) is 5.97 Å². The van der Waals surface area contributed by atoms with Crippen molar-refractivity contribution in [2.75, 3.05) is 20.2 Å². The molecule has 0 saturated heterocycles. The SMILES string of the molecule is CCCCOC(=O)CN(C)Cc1ccc(Cl)s1. The number of hydrogen-bond donors (Lipinski definition) is 0. The molecular weight excluding hydrogens is 258 g/mol. The number of thiophene rings is 1. The molecule has 0 aliphatic rings. The number of rotatable bonds is 7. The molecule has 0 fully saturated rings. The van der Waals surface area contributed by atoms with Crippen molar-refractivity contribution in [2.24, 2.45) is 0 Å².